The maximum atomic E-state index is 11.3. The van der Waals surface area contributed by atoms with Gasteiger partial charge in [0.2, 0.25) is 0 Å². The number of amides is 2. The number of hydrogen-bond donors (Lipinski definition) is 0. The molecule has 0 bridgehead atoms. The molecule has 1 aromatic carbocycles. The first-order valence-electron chi connectivity index (χ1n) is 6.06. The van der Waals surface area contributed by atoms with Crippen LogP contribution in [-0.4, -0.2) is 30.1 Å². The summed E-state index contributed by atoms with van der Waals surface area (Å²) in [6, 6.07) is 3.52. The van der Waals surface area contributed by atoms with Crippen molar-refractivity contribution in [2.24, 2.45) is 0 Å². The van der Waals surface area contributed by atoms with E-state index in [1.165, 1.54) is 0 Å². The number of carbonyl (C=O) groups is 2. The molecule has 5 nitrogen and oxygen atoms in total. The van der Waals surface area contributed by atoms with Crippen LogP contribution < -0.4 is 4.74 Å². The van der Waals surface area contributed by atoms with E-state index in [1.54, 1.807) is 12.1 Å². The van der Waals surface area contributed by atoms with Gasteiger partial charge in [-0.2, -0.15) is 5.06 Å². The average molecular weight is 363 g/mol. The normalized spacial score (nSPS) is 15.1. The predicted octanol–water partition coefficient (Wildman–Crippen LogP) is 2.87. The molecule has 0 saturated carbocycles. The van der Waals surface area contributed by atoms with Crippen molar-refractivity contribution < 1.29 is 19.2 Å². The van der Waals surface area contributed by atoms with E-state index in [-0.39, 0.29) is 37.9 Å². The van der Waals surface area contributed by atoms with E-state index < -0.39 is 0 Å². The van der Waals surface area contributed by atoms with Gasteiger partial charge in [-0.1, -0.05) is 11.6 Å². The van der Waals surface area contributed by atoms with Crippen LogP contribution in [0, 0.1) is 6.92 Å². The highest BCUT2D eigenvalue weighted by molar-refractivity contribution is 9.10. The van der Waals surface area contributed by atoms with Crippen molar-refractivity contribution in [2.75, 3.05) is 13.2 Å². The van der Waals surface area contributed by atoms with Crippen molar-refractivity contribution in [1.82, 2.24) is 5.06 Å². The molecule has 2 rings (SSSR count). The van der Waals surface area contributed by atoms with Crippen LogP contribution in [0.1, 0.15) is 18.4 Å². The minimum Gasteiger partial charge on any atom is -0.490 e. The first-order valence-corrected chi connectivity index (χ1v) is 7.23. The monoisotopic (exact) mass is 361 g/mol. The standard InChI is InChI=1S/C13H13BrClNO4/c1-8-6-9(15)7-10(14)13(8)19-4-5-20-16-11(17)2-3-12(16)18/h6-7H,2-5H2,1H3. The van der Waals surface area contributed by atoms with Crippen molar-refractivity contribution in [3.8, 4) is 5.75 Å². The fraction of sp³-hybridized carbons (Fsp3) is 0.385. The Morgan fingerprint density at radius 2 is 1.90 bits per heavy atom. The number of hydrogen-bond acceptors (Lipinski definition) is 4. The third kappa shape index (κ3) is 3.50. The lowest BCUT2D eigenvalue weighted by Crippen LogP contribution is -2.31. The Hall–Kier alpha value is -1.11. The molecule has 1 heterocycles. The number of nitrogens with zero attached hydrogens (tertiary/aromatic N) is 1. The molecule has 0 unspecified atom stereocenters. The third-order valence-corrected chi connectivity index (χ3v) is 3.56. The summed E-state index contributed by atoms with van der Waals surface area (Å²) >= 11 is 9.28. The van der Waals surface area contributed by atoms with Gasteiger partial charge >= 0.3 is 0 Å². The zero-order valence-corrected chi connectivity index (χ0v) is 13.2. The van der Waals surface area contributed by atoms with Crippen molar-refractivity contribution in [3.63, 3.8) is 0 Å². The second-order valence-corrected chi connectivity index (χ2v) is 5.59. The Bertz CT molecular complexity index is 510. The van der Waals surface area contributed by atoms with E-state index >= 15 is 0 Å². The Morgan fingerprint density at radius 1 is 1.25 bits per heavy atom. The SMILES string of the molecule is Cc1cc(Cl)cc(Br)c1OCCON1C(=O)CCC1=O. The summed E-state index contributed by atoms with van der Waals surface area (Å²) in [6.07, 6.45) is 0.420. The van der Waals surface area contributed by atoms with Gasteiger partial charge in [0.15, 0.2) is 0 Å². The van der Waals surface area contributed by atoms with Gasteiger partial charge in [0, 0.05) is 17.9 Å². The minimum atomic E-state index is -0.307. The topological polar surface area (TPSA) is 55.8 Å². The van der Waals surface area contributed by atoms with Crippen LogP contribution in [0.5, 0.6) is 5.75 Å². The number of aryl methyl sites for hydroxylation is 1. The third-order valence-electron chi connectivity index (χ3n) is 2.75. The highest BCUT2D eigenvalue weighted by Crippen LogP contribution is 2.32. The molecule has 20 heavy (non-hydrogen) atoms. The molecule has 0 aromatic heterocycles. The summed E-state index contributed by atoms with van der Waals surface area (Å²) in [4.78, 5) is 27.7. The van der Waals surface area contributed by atoms with E-state index in [0.29, 0.717) is 10.8 Å². The molecule has 0 spiro atoms. The lowest BCUT2D eigenvalue weighted by atomic mass is 10.2. The van der Waals surface area contributed by atoms with Gasteiger partial charge in [-0.15, -0.1) is 0 Å². The van der Waals surface area contributed by atoms with E-state index in [0.717, 1.165) is 15.1 Å². The molecule has 2 amide bonds. The summed E-state index contributed by atoms with van der Waals surface area (Å²) in [6.45, 7) is 2.21. The molecule has 7 heteroatoms. The zero-order valence-electron chi connectivity index (χ0n) is 10.8. The van der Waals surface area contributed by atoms with Crippen molar-refractivity contribution in [2.45, 2.75) is 19.8 Å². The molecule has 0 aliphatic carbocycles. The number of hydroxylamine groups is 2. The Labute approximate surface area is 129 Å². The first-order chi connectivity index (χ1) is 9.49. The van der Waals surface area contributed by atoms with E-state index in [2.05, 4.69) is 15.9 Å². The number of rotatable bonds is 5. The van der Waals surface area contributed by atoms with Crippen LogP contribution in [0.15, 0.2) is 16.6 Å². The minimum absolute atomic E-state index is 0.117. The lowest BCUT2D eigenvalue weighted by molar-refractivity contribution is -0.189. The Morgan fingerprint density at radius 3 is 2.50 bits per heavy atom. The molecular weight excluding hydrogens is 350 g/mol. The van der Waals surface area contributed by atoms with Crippen LogP contribution in [0.2, 0.25) is 5.02 Å². The maximum absolute atomic E-state index is 11.3. The van der Waals surface area contributed by atoms with Gasteiger partial charge in [0.05, 0.1) is 4.47 Å². The smallest absolute Gasteiger partial charge is 0.253 e. The van der Waals surface area contributed by atoms with Gasteiger partial charge in [-0.25, -0.2) is 0 Å². The molecule has 108 valence electrons. The molecular formula is C13H13BrClNO4. The predicted molar refractivity (Wildman–Crippen MR) is 76.4 cm³/mol. The zero-order chi connectivity index (χ0) is 14.7. The summed E-state index contributed by atoms with van der Waals surface area (Å²) < 4.78 is 6.32. The van der Waals surface area contributed by atoms with Crippen molar-refractivity contribution >= 4 is 39.3 Å². The highest BCUT2D eigenvalue weighted by Gasteiger charge is 2.30. The van der Waals surface area contributed by atoms with Crippen LogP contribution >= 0.6 is 27.5 Å². The van der Waals surface area contributed by atoms with Crippen LogP contribution in [0.4, 0.5) is 0 Å². The molecule has 1 aliphatic rings. The van der Waals surface area contributed by atoms with E-state index in [4.69, 9.17) is 21.2 Å². The molecule has 1 aromatic rings. The lowest BCUT2D eigenvalue weighted by Gasteiger charge is -2.15. The van der Waals surface area contributed by atoms with Crippen LogP contribution in [0.3, 0.4) is 0 Å². The van der Waals surface area contributed by atoms with Crippen LogP contribution in [0.25, 0.3) is 0 Å². The van der Waals surface area contributed by atoms with Crippen LogP contribution in [-0.2, 0) is 14.4 Å². The van der Waals surface area contributed by atoms with Crippen molar-refractivity contribution in [1.29, 1.82) is 0 Å². The highest BCUT2D eigenvalue weighted by atomic mass is 79.9. The van der Waals surface area contributed by atoms with Gasteiger partial charge in [-0.3, -0.25) is 14.4 Å². The fourth-order valence-corrected chi connectivity index (χ4v) is 2.92. The number of ether oxygens (including phenoxy) is 1. The molecule has 0 N–H and O–H groups in total. The molecule has 1 aliphatic heterocycles. The summed E-state index contributed by atoms with van der Waals surface area (Å²) in [5.41, 5.74) is 0.887. The average Bonchev–Trinajstić information content (AvgIpc) is 2.67. The Kier molecular flexibility index (Phi) is 5.01. The summed E-state index contributed by atoms with van der Waals surface area (Å²) in [5, 5.41) is 1.43. The molecule has 0 radical (unpaired) electrons. The quantitative estimate of drug-likeness (QED) is 0.597. The van der Waals surface area contributed by atoms with Gasteiger partial charge in [0.25, 0.3) is 11.8 Å². The number of carbonyl (C=O) groups excluding carboxylic acids is 2. The largest absolute Gasteiger partial charge is 0.490 e. The number of imide groups is 1. The molecule has 0 atom stereocenters. The van der Waals surface area contributed by atoms with Crippen molar-refractivity contribution in [3.05, 3.63) is 27.2 Å². The summed E-state index contributed by atoms with van der Waals surface area (Å²) in [7, 11) is 0. The van der Waals surface area contributed by atoms with Gasteiger partial charge < -0.3 is 4.74 Å². The number of benzene rings is 1. The Balaban J connectivity index is 1.85. The maximum Gasteiger partial charge on any atom is 0.253 e. The molecule has 1 fully saturated rings. The van der Waals surface area contributed by atoms with E-state index in [9.17, 15) is 9.59 Å². The first kappa shape index (κ1) is 15.3. The second-order valence-electron chi connectivity index (χ2n) is 4.30. The fourth-order valence-electron chi connectivity index (χ4n) is 1.84. The van der Waals surface area contributed by atoms with Gasteiger partial charge in [0.1, 0.15) is 19.0 Å². The molecule has 1 saturated heterocycles. The second kappa shape index (κ2) is 6.56. The van der Waals surface area contributed by atoms with Gasteiger partial charge in [-0.05, 0) is 40.5 Å². The summed E-state index contributed by atoms with van der Waals surface area (Å²) in [5.74, 6) is 0.0507. The number of halogens is 2. The van der Waals surface area contributed by atoms with E-state index in [1.807, 2.05) is 6.92 Å².